The summed E-state index contributed by atoms with van der Waals surface area (Å²) in [4.78, 5) is 23.5. The van der Waals surface area contributed by atoms with Gasteiger partial charge in [0.25, 0.3) is 0 Å². The molecule has 0 saturated heterocycles. The van der Waals surface area contributed by atoms with Gasteiger partial charge in [-0.2, -0.15) is 0 Å². The van der Waals surface area contributed by atoms with Crippen molar-refractivity contribution >= 4 is 27.9 Å². The predicted octanol–water partition coefficient (Wildman–Crippen LogP) is 8.97. The third-order valence-corrected chi connectivity index (χ3v) is 6.46. The summed E-state index contributed by atoms with van der Waals surface area (Å²) in [7, 11) is 0. The molecule has 0 fully saturated rings. The predicted molar refractivity (Wildman–Crippen MR) is 139 cm³/mol. The second-order valence-electron chi connectivity index (χ2n) is 9.18. The van der Waals surface area contributed by atoms with Crippen LogP contribution in [-0.4, -0.2) is 18.5 Å². The standard InChI is InChI=1S/C28H43BrF2O4/c1-2-3-4-5-6-7-8-9-10-11-12-13-14-15-19-34-27(32)17-16-18-28(33)35-22-24-25(30)20-23(29)21-26(24)31/h20-21H,2-19,22H2,1H3. The molecule has 0 aromatic heterocycles. The first-order chi connectivity index (χ1) is 16.9. The van der Waals surface area contributed by atoms with Gasteiger partial charge in [-0.15, -0.1) is 0 Å². The Bertz CT molecular complexity index is 704. The molecule has 0 radical (unpaired) electrons. The Morgan fingerprint density at radius 2 is 1.11 bits per heavy atom. The van der Waals surface area contributed by atoms with Gasteiger partial charge < -0.3 is 9.47 Å². The van der Waals surface area contributed by atoms with Gasteiger partial charge in [0.2, 0.25) is 0 Å². The fourth-order valence-corrected chi connectivity index (χ4v) is 4.27. The van der Waals surface area contributed by atoms with Crippen LogP contribution in [0.15, 0.2) is 16.6 Å². The topological polar surface area (TPSA) is 52.6 Å². The van der Waals surface area contributed by atoms with Crippen molar-refractivity contribution in [1.29, 1.82) is 0 Å². The van der Waals surface area contributed by atoms with E-state index in [0.29, 0.717) is 6.61 Å². The first kappa shape index (κ1) is 31.5. The second-order valence-corrected chi connectivity index (χ2v) is 10.1. The summed E-state index contributed by atoms with van der Waals surface area (Å²) in [6.45, 7) is 2.18. The normalized spacial score (nSPS) is 11.0. The highest BCUT2D eigenvalue weighted by Crippen LogP contribution is 2.20. The van der Waals surface area contributed by atoms with Crippen LogP contribution >= 0.6 is 15.9 Å². The highest BCUT2D eigenvalue weighted by Gasteiger charge is 2.13. The zero-order valence-corrected chi connectivity index (χ0v) is 22.9. The highest BCUT2D eigenvalue weighted by molar-refractivity contribution is 9.10. The van der Waals surface area contributed by atoms with Gasteiger partial charge in [0.15, 0.2) is 0 Å². The van der Waals surface area contributed by atoms with Gasteiger partial charge in [-0.25, -0.2) is 8.78 Å². The Morgan fingerprint density at radius 1 is 0.686 bits per heavy atom. The van der Waals surface area contributed by atoms with Crippen molar-refractivity contribution in [3.05, 3.63) is 33.8 Å². The lowest BCUT2D eigenvalue weighted by atomic mass is 10.0. The Hall–Kier alpha value is -1.50. The van der Waals surface area contributed by atoms with Gasteiger partial charge in [-0.1, -0.05) is 106 Å². The Morgan fingerprint density at radius 3 is 1.60 bits per heavy atom. The number of hydrogen-bond donors (Lipinski definition) is 0. The summed E-state index contributed by atoms with van der Waals surface area (Å²) in [6.07, 6.45) is 18.2. The van der Waals surface area contributed by atoms with Gasteiger partial charge in [0, 0.05) is 17.3 Å². The van der Waals surface area contributed by atoms with Crippen LogP contribution < -0.4 is 0 Å². The number of unbranched alkanes of at least 4 members (excludes halogenated alkanes) is 13. The average molecular weight is 562 g/mol. The zero-order chi connectivity index (χ0) is 25.7. The number of ether oxygens (including phenoxy) is 2. The lowest BCUT2D eigenvalue weighted by Crippen LogP contribution is -2.10. The highest BCUT2D eigenvalue weighted by atomic mass is 79.9. The number of halogens is 3. The van der Waals surface area contributed by atoms with Crippen molar-refractivity contribution in [2.75, 3.05) is 6.61 Å². The van der Waals surface area contributed by atoms with Crippen molar-refractivity contribution in [2.45, 2.75) is 123 Å². The van der Waals surface area contributed by atoms with Crippen LogP contribution in [0.4, 0.5) is 8.78 Å². The fourth-order valence-electron chi connectivity index (χ4n) is 3.87. The summed E-state index contributed by atoms with van der Waals surface area (Å²) in [5, 5.41) is 0. The number of rotatable bonds is 21. The smallest absolute Gasteiger partial charge is 0.306 e. The molecule has 0 saturated carbocycles. The molecule has 35 heavy (non-hydrogen) atoms. The second kappa shape index (κ2) is 20.7. The van der Waals surface area contributed by atoms with E-state index in [1.165, 1.54) is 77.0 Å². The molecular formula is C28H43BrF2O4. The summed E-state index contributed by atoms with van der Waals surface area (Å²) >= 11 is 3.00. The zero-order valence-electron chi connectivity index (χ0n) is 21.4. The van der Waals surface area contributed by atoms with E-state index in [9.17, 15) is 18.4 Å². The molecule has 1 aromatic rings. The SMILES string of the molecule is CCCCCCCCCCCCCCCCOC(=O)CCCC(=O)OCc1c(F)cc(Br)cc1F. The van der Waals surface area contributed by atoms with E-state index in [4.69, 9.17) is 9.47 Å². The van der Waals surface area contributed by atoms with Crippen LogP contribution in [0.3, 0.4) is 0 Å². The number of hydrogen-bond acceptors (Lipinski definition) is 4. The molecule has 4 nitrogen and oxygen atoms in total. The molecule has 0 bridgehead atoms. The largest absolute Gasteiger partial charge is 0.466 e. The summed E-state index contributed by atoms with van der Waals surface area (Å²) in [5.41, 5.74) is -0.297. The van der Waals surface area contributed by atoms with E-state index < -0.39 is 24.2 Å². The molecule has 0 aliphatic carbocycles. The van der Waals surface area contributed by atoms with E-state index in [1.54, 1.807) is 0 Å². The van der Waals surface area contributed by atoms with Gasteiger partial charge in [-0.05, 0) is 25.0 Å². The van der Waals surface area contributed by atoms with Crippen molar-refractivity contribution < 1.29 is 27.8 Å². The number of esters is 2. The first-order valence-electron chi connectivity index (χ1n) is 13.4. The molecule has 0 amide bonds. The molecule has 1 aromatic carbocycles. The van der Waals surface area contributed by atoms with Crippen LogP contribution in [-0.2, 0) is 25.7 Å². The summed E-state index contributed by atoms with van der Waals surface area (Å²) in [5.74, 6) is -2.50. The number of carbonyl (C=O) groups is 2. The van der Waals surface area contributed by atoms with E-state index >= 15 is 0 Å². The van der Waals surface area contributed by atoms with Crippen LogP contribution in [0.2, 0.25) is 0 Å². The molecule has 7 heteroatoms. The molecule has 1 rings (SSSR count). The molecule has 0 spiro atoms. The molecule has 0 atom stereocenters. The molecule has 200 valence electrons. The summed E-state index contributed by atoms with van der Waals surface area (Å²) < 4.78 is 37.9. The third kappa shape index (κ3) is 16.7. The van der Waals surface area contributed by atoms with Crippen molar-refractivity contribution in [2.24, 2.45) is 0 Å². The Kier molecular flexibility index (Phi) is 18.6. The van der Waals surface area contributed by atoms with Crippen molar-refractivity contribution in [3.8, 4) is 0 Å². The van der Waals surface area contributed by atoms with E-state index in [-0.39, 0.29) is 35.3 Å². The Labute approximate surface area is 218 Å². The van der Waals surface area contributed by atoms with Crippen LogP contribution in [0.5, 0.6) is 0 Å². The van der Waals surface area contributed by atoms with Crippen molar-refractivity contribution in [1.82, 2.24) is 0 Å². The molecule has 0 unspecified atom stereocenters. The molecule has 0 N–H and O–H groups in total. The van der Waals surface area contributed by atoms with E-state index in [1.807, 2.05) is 0 Å². The monoisotopic (exact) mass is 560 g/mol. The van der Waals surface area contributed by atoms with Gasteiger partial charge in [-0.3, -0.25) is 9.59 Å². The van der Waals surface area contributed by atoms with Crippen LogP contribution in [0.25, 0.3) is 0 Å². The quantitative estimate of drug-likeness (QED) is 0.111. The fraction of sp³-hybridized carbons (Fsp3) is 0.714. The van der Waals surface area contributed by atoms with Crippen molar-refractivity contribution in [3.63, 3.8) is 0 Å². The minimum absolute atomic E-state index is 0.00623. The van der Waals surface area contributed by atoms with Crippen LogP contribution in [0, 0.1) is 11.6 Å². The first-order valence-corrected chi connectivity index (χ1v) is 14.2. The maximum Gasteiger partial charge on any atom is 0.306 e. The van der Waals surface area contributed by atoms with E-state index in [2.05, 4.69) is 22.9 Å². The van der Waals surface area contributed by atoms with Gasteiger partial charge >= 0.3 is 11.9 Å². The maximum absolute atomic E-state index is 13.7. The number of carbonyl (C=O) groups excluding carboxylic acids is 2. The van der Waals surface area contributed by atoms with Crippen LogP contribution in [0.1, 0.15) is 122 Å². The summed E-state index contributed by atoms with van der Waals surface area (Å²) in [6, 6.07) is 2.22. The molecule has 0 aliphatic rings. The molecule has 0 aliphatic heterocycles. The van der Waals surface area contributed by atoms with Gasteiger partial charge in [0.1, 0.15) is 18.2 Å². The minimum atomic E-state index is -0.781. The molecular weight excluding hydrogens is 518 g/mol. The average Bonchev–Trinajstić information content (AvgIpc) is 2.81. The van der Waals surface area contributed by atoms with Gasteiger partial charge in [0.05, 0.1) is 12.2 Å². The minimum Gasteiger partial charge on any atom is -0.466 e. The van der Waals surface area contributed by atoms with E-state index in [0.717, 1.165) is 25.0 Å². The number of benzene rings is 1. The third-order valence-electron chi connectivity index (χ3n) is 6.01. The lowest BCUT2D eigenvalue weighted by molar-refractivity contribution is -0.146. The lowest BCUT2D eigenvalue weighted by Gasteiger charge is -2.08. The Balaban J connectivity index is 1.91. The molecule has 0 heterocycles. The maximum atomic E-state index is 13.7.